The predicted octanol–water partition coefficient (Wildman–Crippen LogP) is 5.07. The molecular formula is C38H51N5O6. The number of hydrogen-bond acceptors (Lipinski definition) is 7. The number of urea groups is 1. The number of ether oxygens (including phenoxy) is 2. The average molecular weight is 674 g/mol. The largest absolute Gasteiger partial charge is 0.436 e. The van der Waals surface area contributed by atoms with Gasteiger partial charge in [-0.3, -0.25) is 9.59 Å². The summed E-state index contributed by atoms with van der Waals surface area (Å²) in [7, 11) is 0. The molecule has 2 N–H and O–H groups in total. The van der Waals surface area contributed by atoms with Gasteiger partial charge in [-0.25, -0.2) is 9.59 Å². The van der Waals surface area contributed by atoms with Gasteiger partial charge in [0.2, 0.25) is 0 Å². The van der Waals surface area contributed by atoms with Gasteiger partial charge in [0, 0.05) is 44.5 Å². The van der Waals surface area contributed by atoms with Crippen LogP contribution in [0.1, 0.15) is 67.2 Å². The summed E-state index contributed by atoms with van der Waals surface area (Å²) in [6, 6.07) is 11.7. The van der Waals surface area contributed by atoms with Gasteiger partial charge in [0.15, 0.2) is 6.10 Å². The molecule has 0 radical (unpaired) electrons. The van der Waals surface area contributed by atoms with Crippen LogP contribution in [-0.4, -0.2) is 97.2 Å². The maximum Gasteiger partial charge on any atom is 0.410 e. The van der Waals surface area contributed by atoms with E-state index in [1.165, 1.54) is 12.8 Å². The Hall–Kier alpha value is -4.12. The summed E-state index contributed by atoms with van der Waals surface area (Å²) in [5, 5.41) is 6.50. The number of likely N-dealkylation sites (tertiary alicyclic amines) is 2. The van der Waals surface area contributed by atoms with Crippen molar-refractivity contribution in [2.45, 2.75) is 83.8 Å². The average Bonchev–Trinajstić information content (AvgIpc) is 3.29. The Kier molecular flexibility index (Phi) is 11.4. The Morgan fingerprint density at radius 1 is 0.898 bits per heavy atom. The highest BCUT2D eigenvalue weighted by Crippen LogP contribution is 2.32. The van der Waals surface area contributed by atoms with Gasteiger partial charge in [-0.05, 0) is 125 Å². The first-order chi connectivity index (χ1) is 23.8. The van der Waals surface area contributed by atoms with Crippen molar-refractivity contribution in [3.05, 3.63) is 58.7 Å². The normalized spacial score (nSPS) is 20.2. The lowest BCUT2D eigenvalue weighted by molar-refractivity contribution is -0.143. The molecule has 0 saturated carbocycles. The van der Waals surface area contributed by atoms with Crippen molar-refractivity contribution in [3.63, 3.8) is 0 Å². The molecule has 0 bridgehead atoms. The first-order valence-electron chi connectivity index (χ1n) is 18.1. The van der Waals surface area contributed by atoms with Gasteiger partial charge in [-0.15, -0.1) is 0 Å². The van der Waals surface area contributed by atoms with Crippen LogP contribution in [0.25, 0.3) is 0 Å². The number of fused-ring (bicyclic) bond motifs is 1. The zero-order valence-corrected chi connectivity index (χ0v) is 29.0. The molecular weight excluding hydrogens is 622 g/mol. The second-order valence-electron chi connectivity index (χ2n) is 14.2. The molecule has 3 fully saturated rings. The molecule has 11 nitrogen and oxygen atoms in total. The van der Waals surface area contributed by atoms with Crippen LogP contribution in [0, 0.1) is 25.7 Å². The standard InChI is InChI=1S/C38H51N5O6/c1-26-23-28(24-27(2)35(26)48-25-44)7-8-34(36(45)41-18-11-30(12-19-41)29-9-16-39-17-10-29)49-38(47)42-20-14-32(15-21-42)43-22-13-31-5-3-4-6-33(31)40-37(43)46/h3-6,23-25,29-30,32,34,39H,7-22H2,1-2H3,(H,40,46). The molecule has 1 atom stereocenters. The smallest absolute Gasteiger partial charge is 0.410 e. The molecule has 4 aliphatic rings. The highest BCUT2D eigenvalue weighted by atomic mass is 16.6. The second kappa shape index (κ2) is 16.1. The lowest BCUT2D eigenvalue weighted by Gasteiger charge is -2.39. The summed E-state index contributed by atoms with van der Waals surface area (Å²) >= 11 is 0. The monoisotopic (exact) mass is 673 g/mol. The van der Waals surface area contributed by atoms with E-state index in [0.29, 0.717) is 82.5 Å². The topological polar surface area (TPSA) is 121 Å². The first kappa shape index (κ1) is 34.7. The van der Waals surface area contributed by atoms with Gasteiger partial charge >= 0.3 is 12.1 Å². The summed E-state index contributed by atoms with van der Waals surface area (Å²) < 4.78 is 11.2. The third-order valence-corrected chi connectivity index (χ3v) is 11.1. The molecule has 4 aliphatic heterocycles. The van der Waals surface area contributed by atoms with Crippen molar-refractivity contribution in [3.8, 4) is 5.75 Å². The van der Waals surface area contributed by atoms with Gasteiger partial charge in [0.25, 0.3) is 12.4 Å². The number of nitrogens with one attached hydrogen (secondary N) is 2. The summed E-state index contributed by atoms with van der Waals surface area (Å²) in [5.41, 5.74) is 4.66. The van der Waals surface area contributed by atoms with Crippen LogP contribution in [-0.2, 0) is 27.2 Å². The summed E-state index contributed by atoms with van der Waals surface area (Å²) in [4.78, 5) is 57.2. The summed E-state index contributed by atoms with van der Waals surface area (Å²) in [5.74, 6) is 1.76. The number of nitrogens with zero attached hydrogens (tertiary/aromatic N) is 3. The van der Waals surface area contributed by atoms with Crippen molar-refractivity contribution in [2.24, 2.45) is 11.8 Å². The Labute approximate surface area is 289 Å². The molecule has 4 amide bonds. The lowest BCUT2D eigenvalue weighted by atomic mass is 9.79. The highest BCUT2D eigenvalue weighted by molar-refractivity contribution is 5.91. The minimum absolute atomic E-state index is 0.0228. The Morgan fingerprint density at radius 3 is 2.24 bits per heavy atom. The number of carbonyl (C=O) groups is 4. The lowest BCUT2D eigenvalue weighted by Crippen LogP contribution is -2.51. The quantitative estimate of drug-likeness (QED) is 0.357. The molecule has 2 aromatic rings. The third-order valence-electron chi connectivity index (χ3n) is 11.1. The molecule has 3 saturated heterocycles. The molecule has 49 heavy (non-hydrogen) atoms. The number of para-hydroxylation sites is 1. The van der Waals surface area contributed by atoms with Gasteiger partial charge < -0.3 is 34.8 Å². The number of anilines is 1. The third kappa shape index (κ3) is 8.37. The van der Waals surface area contributed by atoms with Crippen LogP contribution in [0.15, 0.2) is 36.4 Å². The van der Waals surface area contributed by atoms with Crippen molar-refractivity contribution in [1.82, 2.24) is 20.0 Å². The molecule has 0 spiro atoms. The molecule has 2 aromatic carbocycles. The van der Waals surface area contributed by atoms with E-state index in [9.17, 15) is 19.2 Å². The number of hydrogen-bond donors (Lipinski definition) is 2. The van der Waals surface area contributed by atoms with Crippen LogP contribution in [0.2, 0.25) is 0 Å². The van der Waals surface area contributed by atoms with E-state index < -0.39 is 12.2 Å². The number of benzene rings is 2. The van der Waals surface area contributed by atoms with E-state index in [0.717, 1.165) is 60.3 Å². The molecule has 0 aromatic heterocycles. The second-order valence-corrected chi connectivity index (χ2v) is 14.2. The van der Waals surface area contributed by atoms with Crippen LogP contribution in [0.5, 0.6) is 5.75 Å². The molecule has 0 aliphatic carbocycles. The van der Waals surface area contributed by atoms with Crippen LogP contribution >= 0.6 is 0 Å². The van der Waals surface area contributed by atoms with E-state index in [4.69, 9.17) is 9.47 Å². The number of amides is 4. The Bertz CT molecular complexity index is 1470. The van der Waals surface area contributed by atoms with E-state index in [1.807, 2.05) is 60.0 Å². The van der Waals surface area contributed by atoms with E-state index >= 15 is 0 Å². The van der Waals surface area contributed by atoms with Crippen molar-refractivity contribution < 1.29 is 28.7 Å². The maximum atomic E-state index is 14.0. The molecule has 11 heteroatoms. The van der Waals surface area contributed by atoms with Crippen LogP contribution < -0.4 is 15.4 Å². The van der Waals surface area contributed by atoms with Gasteiger partial charge in [0.1, 0.15) is 5.75 Å². The minimum atomic E-state index is -0.901. The first-order valence-corrected chi connectivity index (χ1v) is 18.1. The fourth-order valence-electron chi connectivity index (χ4n) is 8.35. The van der Waals surface area contributed by atoms with Crippen molar-refractivity contribution in [2.75, 3.05) is 51.1 Å². The van der Waals surface area contributed by atoms with E-state index in [2.05, 4.69) is 10.6 Å². The zero-order chi connectivity index (χ0) is 34.3. The summed E-state index contributed by atoms with van der Waals surface area (Å²) in [6.07, 6.45) is 5.95. The number of carbonyl (C=O) groups excluding carboxylic acids is 4. The molecule has 1 unspecified atom stereocenters. The van der Waals surface area contributed by atoms with Gasteiger partial charge in [-0.2, -0.15) is 0 Å². The molecule has 264 valence electrons. The maximum absolute atomic E-state index is 14.0. The highest BCUT2D eigenvalue weighted by Gasteiger charge is 2.36. The minimum Gasteiger partial charge on any atom is -0.436 e. The van der Waals surface area contributed by atoms with Crippen LogP contribution in [0.3, 0.4) is 0 Å². The Balaban J connectivity index is 1.08. The fourth-order valence-corrected chi connectivity index (χ4v) is 8.35. The molecule has 4 heterocycles. The van der Waals surface area contributed by atoms with E-state index in [1.54, 1.807) is 4.90 Å². The number of piperidine rings is 3. The van der Waals surface area contributed by atoms with Crippen molar-refractivity contribution in [1.29, 1.82) is 0 Å². The fraction of sp³-hybridized carbons (Fsp3) is 0.579. The SMILES string of the molecule is Cc1cc(CCC(OC(=O)N2CCC(N3CCc4ccccc4NC3=O)CC2)C(=O)N2CCC(C3CCNCC3)CC2)cc(C)c1OC=O. The Morgan fingerprint density at radius 2 is 1.55 bits per heavy atom. The zero-order valence-electron chi connectivity index (χ0n) is 29.0. The van der Waals surface area contributed by atoms with Crippen LogP contribution in [0.4, 0.5) is 15.3 Å². The summed E-state index contributed by atoms with van der Waals surface area (Å²) in [6.45, 7) is 9.27. The van der Waals surface area contributed by atoms with Gasteiger partial charge in [-0.1, -0.05) is 30.3 Å². The van der Waals surface area contributed by atoms with Crippen molar-refractivity contribution >= 4 is 30.2 Å². The van der Waals surface area contributed by atoms with E-state index in [-0.39, 0.29) is 18.0 Å². The number of rotatable bonds is 9. The predicted molar refractivity (Wildman–Crippen MR) is 187 cm³/mol. The number of aryl methyl sites for hydroxylation is 3. The van der Waals surface area contributed by atoms with Gasteiger partial charge in [0.05, 0.1) is 0 Å². The molecule has 6 rings (SSSR count).